The summed E-state index contributed by atoms with van der Waals surface area (Å²) in [7, 11) is 0. The maximum atomic E-state index is 13.3. The average Bonchev–Trinajstić information content (AvgIpc) is 2.38. The lowest BCUT2D eigenvalue weighted by Crippen LogP contribution is -2.09. The molecule has 0 bridgehead atoms. The number of ether oxygens (including phenoxy) is 1. The molecule has 20 heavy (non-hydrogen) atoms. The Balaban J connectivity index is 2.52. The number of carbonyl (C=O) groups is 1. The summed E-state index contributed by atoms with van der Waals surface area (Å²) in [6, 6.07) is 9.88. The van der Waals surface area contributed by atoms with Crippen LogP contribution in [0.25, 0.3) is 0 Å². The van der Waals surface area contributed by atoms with Crippen molar-refractivity contribution in [1.29, 1.82) is 0 Å². The molecule has 104 valence electrons. The topological polar surface area (TPSA) is 26.3 Å². The standard InChI is InChI=1S/C17H17FO2/c1-4-20-15-8-6-5-7-14(15)17(19)16-11(2)9-13(18)10-12(16)3/h5-10H,4H2,1-3H3. The Morgan fingerprint density at radius 3 is 2.35 bits per heavy atom. The van der Waals surface area contributed by atoms with Crippen LogP contribution in [0.2, 0.25) is 0 Å². The molecule has 0 aliphatic heterocycles. The number of carbonyl (C=O) groups excluding carboxylic acids is 1. The molecule has 0 saturated carbocycles. The van der Waals surface area contributed by atoms with Crippen LogP contribution >= 0.6 is 0 Å². The maximum Gasteiger partial charge on any atom is 0.197 e. The average molecular weight is 272 g/mol. The summed E-state index contributed by atoms with van der Waals surface area (Å²) in [5.41, 5.74) is 2.32. The molecule has 2 aromatic carbocycles. The van der Waals surface area contributed by atoms with E-state index in [9.17, 15) is 9.18 Å². The first-order chi connectivity index (χ1) is 9.54. The van der Waals surface area contributed by atoms with Gasteiger partial charge in [-0.1, -0.05) is 12.1 Å². The van der Waals surface area contributed by atoms with Crippen LogP contribution in [0.4, 0.5) is 4.39 Å². The first kappa shape index (κ1) is 14.3. The van der Waals surface area contributed by atoms with Gasteiger partial charge in [-0.2, -0.15) is 0 Å². The predicted octanol–water partition coefficient (Wildman–Crippen LogP) is 4.07. The van der Waals surface area contributed by atoms with Gasteiger partial charge < -0.3 is 4.74 Å². The number of benzene rings is 2. The number of rotatable bonds is 4. The fourth-order valence-corrected chi connectivity index (χ4v) is 2.34. The summed E-state index contributed by atoms with van der Waals surface area (Å²) >= 11 is 0. The summed E-state index contributed by atoms with van der Waals surface area (Å²) < 4.78 is 18.8. The van der Waals surface area contributed by atoms with E-state index < -0.39 is 0 Å². The van der Waals surface area contributed by atoms with E-state index in [0.29, 0.717) is 34.6 Å². The summed E-state index contributed by atoms with van der Waals surface area (Å²) in [6.45, 7) is 5.85. The third kappa shape index (κ3) is 2.72. The number of hydrogen-bond donors (Lipinski definition) is 0. The zero-order chi connectivity index (χ0) is 14.7. The molecule has 0 radical (unpaired) electrons. The Kier molecular flexibility index (Phi) is 4.18. The van der Waals surface area contributed by atoms with Gasteiger partial charge in [0.15, 0.2) is 5.78 Å². The van der Waals surface area contributed by atoms with Crippen LogP contribution < -0.4 is 4.74 Å². The van der Waals surface area contributed by atoms with Crippen molar-refractivity contribution in [2.45, 2.75) is 20.8 Å². The molecule has 2 rings (SSSR count). The van der Waals surface area contributed by atoms with E-state index in [1.807, 2.05) is 13.0 Å². The minimum Gasteiger partial charge on any atom is -0.493 e. The van der Waals surface area contributed by atoms with Crippen molar-refractivity contribution in [3.05, 3.63) is 64.5 Å². The van der Waals surface area contributed by atoms with Crippen molar-refractivity contribution in [3.63, 3.8) is 0 Å². The van der Waals surface area contributed by atoms with Crippen molar-refractivity contribution < 1.29 is 13.9 Å². The molecule has 0 amide bonds. The normalized spacial score (nSPS) is 10.4. The molecule has 0 aromatic heterocycles. The fourth-order valence-electron chi connectivity index (χ4n) is 2.34. The molecule has 0 atom stereocenters. The van der Waals surface area contributed by atoms with Gasteiger partial charge in [0, 0.05) is 5.56 Å². The van der Waals surface area contributed by atoms with E-state index in [2.05, 4.69) is 0 Å². The number of halogens is 1. The van der Waals surface area contributed by atoms with Crippen LogP contribution in [0.1, 0.15) is 34.0 Å². The molecule has 0 heterocycles. The first-order valence-electron chi connectivity index (χ1n) is 6.58. The zero-order valence-electron chi connectivity index (χ0n) is 11.9. The van der Waals surface area contributed by atoms with Gasteiger partial charge in [-0.3, -0.25) is 4.79 Å². The highest BCUT2D eigenvalue weighted by molar-refractivity contribution is 6.12. The molecule has 0 N–H and O–H groups in total. The predicted molar refractivity (Wildman–Crippen MR) is 76.9 cm³/mol. The Hall–Kier alpha value is -2.16. The van der Waals surface area contributed by atoms with E-state index in [-0.39, 0.29) is 11.6 Å². The summed E-state index contributed by atoms with van der Waals surface area (Å²) in [6.07, 6.45) is 0. The van der Waals surface area contributed by atoms with E-state index in [4.69, 9.17) is 4.74 Å². The Bertz CT molecular complexity index is 624. The van der Waals surface area contributed by atoms with E-state index in [1.165, 1.54) is 12.1 Å². The molecule has 0 fully saturated rings. The van der Waals surface area contributed by atoms with Gasteiger partial charge in [-0.25, -0.2) is 4.39 Å². The second-order valence-electron chi connectivity index (χ2n) is 4.67. The van der Waals surface area contributed by atoms with Crippen LogP contribution in [-0.2, 0) is 0 Å². The molecule has 0 spiro atoms. The molecule has 0 aliphatic carbocycles. The van der Waals surface area contributed by atoms with Crippen LogP contribution in [0.15, 0.2) is 36.4 Å². The molecule has 3 heteroatoms. The lowest BCUT2D eigenvalue weighted by Gasteiger charge is -2.12. The van der Waals surface area contributed by atoms with Gasteiger partial charge in [0.2, 0.25) is 0 Å². The third-order valence-electron chi connectivity index (χ3n) is 3.16. The maximum absolute atomic E-state index is 13.3. The van der Waals surface area contributed by atoms with Gasteiger partial charge >= 0.3 is 0 Å². The van der Waals surface area contributed by atoms with Crippen molar-refractivity contribution >= 4 is 5.78 Å². The second kappa shape index (κ2) is 5.87. The van der Waals surface area contributed by atoms with E-state index in [1.54, 1.807) is 32.0 Å². The minimum absolute atomic E-state index is 0.135. The smallest absolute Gasteiger partial charge is 0.197 e. The van der Waals surface area contributed by atoms with Crippen molar-refractivity contribution in [2.24, 2.45) is 0 Å². The summed E-state index contributed by atoms with van der Waals surface area (Å²) in [5, 5.41) is 0. The highest BCUT2D eigenvalue weighted by Crippen LogP contribution is 2.25. The van der Waals surface area contributed by atoms with E-state index >= 15 is 0 Å². The Morgan fingerprint density at radius 2 is 1.75 bits per heavy atom. The Labute approximate surface area is 118 Å². The van der Waals surface area contributed by atoms with E-state index in [0.717, 1.165) is 0 Å². The number of ketones is 1. The second-order valence-corrected chi connectivity index (χ2v) is 4.67. The summed E-state index contributed by atoms with van der Waals surface area (Å²) in [5.74, 6) is 0.0989. The lowest BCUT2D eigenvalue weighted by atomic mass is 9.94. The van der Waals surface area contributed by atoms with Crippen LogP contribution in [-0.4, -0.2) is 12.4 Å². The molecule has 0 saturated heterocycles. The van der Waals surface area contributed by atoms with Crippen molar-refractivity contribution in [3.8, 4) is 5.75 Å². The lowest BCUT2D eigenvalue weighted by molar-refractivity contribution is 0.103. The van der Waals surface area contributed by atoms with Crippen LogP contribution in [0.3, 0.4) is 0 Å². The third-order valence-corrected chi connectivity index (χ3v) is 3.16. The fraction of sp³-hybridized carbons (Fsp3) is 0.235. The molecule has 2 aromatic rings. The van der Waals surface area contributed by atoms with Gasteiger partial charge in [-0.15, -0.1) is 0 Å². The molecule has 0 aliphatic rings. The monoisotopic (exact) mass is 272 g/mol. The number of hydrogen-bond acceptors (Lipinski definition) is 2. The molecule has 2 nitrogen and oxygen atoms in total. The van der Waals surface area contributed by atoms with Crippen LogP contribution in [0, 0.1) is 19.7 Å². The number of aryl methyl sites for hydroxylation is 2. The quantitative estimate of drug-likeness (QED) is 0.784. The molecular weight excluding hydrogens is 255 g/mol. The molecule has 0 unspecified atom stereocenters. The summed E-state index contributed by atoms with van der Waals surface area (Å²) in [4.78, 5) is 12.7. The largest absolute Gasteiger partial charge is 0.493 e. The highest BCUT2D eigenvalue weighted by atomic mass is 19.1. The SMILES string of the molecule is CCOc1ccccc1C(=O)c1c(C)cc(F)cc1C. The zero-order valence-corrected chi connectivity index (χ0v) is 11.9. The van der Waals surface area contributed by atoms with Crippen molar-refractivity contribution in [2.75, 3.05) is 6.61 Å². The Morgan fingerprint density at radius 1 is 1.15 bits per heavy atom. The first-order valence-corrected chi connectivity index (χ1v) is 6.58. The van der Waals surface area contributed by atoms with Gasteiger partial charge in [0.1, 0.15) is 11.6 Å². The van der Waals surface area contributed by atoms with Gasteiger partial charge in [0.25, 0.3) is 0 Å². The highest BCUT2D eigenvalue weighted by Gasteiger charge is 2.18. The molecular formula is C17H17FO2. The van der Waals surface area contributed by atoms with Gasteiger partial charge in [0.05, 0.1) is 12.2 Å². The number of para-hydroxylation sites is 1. The minimum atomic E-state index is -0.324. The van der Waals surface area contributed by atoms with Crippen molar-refractivity contribution in [1.82, 2.24) is 0 Å². The van der Waals surface area contributed by atoms with Crippen LogP contribution in [0.5, 0.6) is 5.75 Å². The van der Waals surface area contributed by atoms with Gasteiger partial charge in [-0.05, 0) is 56.2 Å².